The molecule has 3 aromatic rings. The van der Waals surface area contributed by atoms with Crippen molar-refractivity contribution in [1.29, 1.82) is 0 Å². The summed E-state index contributed by atoms with van der Waals surface area (Å²) in [6.07, 6.45) is 3.61. The fraction of sp³-hybridized carbons (Fsp3) is 0.364. The summed E-state index contributed by atoms with van der Waals surface area (Å²) in [5.74, 6) is 1.54. The average Bonchev–Trinajstić information content (AvgIpc) is 2.76. The maximum atomic E-state index is 13.8. The number of aromatic hydroxyl groups is 1. The van der Waals surface area contributed by atoms with Gasteiger partial charge in [-0.1, -0.05) is 0 Å². The summed E-state index contributed by atoms with van der Waals surface area (Å²) in [4.78, 5) is 8.65. The molecule has 0 unspecified atom stereocenters. The van der Waals surface area contributed by atoms with Crippen molar-refractivity contribution in [2.24, 2.45) is 5.92 Å². The number of fused-ring (bicyclic) bond motifs is 1. The van der Waals surface area contributed by atoms with Crippen molar-refractivity contribution in [3.63, 3.8) is 0 Å². The molecule has 1 aromatic heterocycles. The van der Waals surface area contributed by atoms with Gasteiger partial charge >= 0.3 is 0 Å². The molecule has 30 heavy (non-hydrogen) atoms. The number of hydrogen-bond donors (Lipinski definition) is 3. The molecular weight excluding hydrogens is 387 g/mol. The van der Waals surface area contributed by atoms with E-state index >= 15 is 0 Å². The van der Waals surface area contributed by atoms with Crippen LogP contribution in [0.4, 0.5) is 15.9 Å². The number of anilines is 2. The highest BCUT2D eigenvalue weighted by molar-refractivity contribution is 5.93. The summed E-state index contributed by atoms with van der Waals surface area (Å²) in [6, 6.07) is 6.03. The summed E-state index contributed by atoms with van der Waals surface area (Å²) >= 11 is 0. The van der Waals surface area contributed by atoms with Crippen molar-refractivity contribution in [3.05, 3.63) is 42.0 Å². The first-order chi connectivity index (χ1) is 14.5. The first kappa shape index (κ1) is 20.2. The third-order valence-corrected chi connectivity index (χ3v) is 5.45. The molecule has 1 fully saturated rings. The molecule has 0 atom stereocenters. The molecule has 0 radical (unpaired) electrons. The maximum Gasteiger partial charge on any atom is 0.163 e. The van der Waals surface area contributed by atoms with Crippen LogP contribution in [0.25, 0.3) is 10.9 Å². The van der Waals surface area contributed by atoms with Crippen LogP contribution in [0.1, 0.15) is 18.4 Å². The number of phenolic OH excluding ortho intramolecular Hbond substituents is 1. The second-order valence-electron chi connectivity index (χ2n) is 7.47. The molecule has 0 saturated carbocycles. The lowest BCUT2D eigenvalue weighted by Crippen LogP contribution is -2.30. The molecule has 158 valence electrons. The summed E-state index contributed by atoms with van der Waals surface area (Å²) < 4.78 is 25.4. The van der Waals surface area contributed by atoms with Crippen molar-refractivity contribution in [1.82, 2.24) is 15.3 Å². The van der Waals surface area contributed by atoms with E-state index in [2.05, 4.69) is 20.6 Å². The first-order valence-corrected chi connectivity index (χ1v) is 9.97. The average molecular weight is 412 g/mol. The molecular formula is C22H25FN4O3. The van der Waals surface area contributed by atoms with Crippen molar-refractivity contribution >= 4 is 22.4 Å². The van der Waals surface area contributed by atoms with Gasteiger partial charge in [-0.05, 0) is 50.9 Å². The van der Waals surface area contributed by atoms with Gasteiger partial charge < -0.3 is 25.2 Å². The number of hydrogen-bond acceptors (Lipinski definition) is 7. The standard InChI is InChI=1S/C22H25FN4O3/c1-13-17(7-15(23)8-19(13)28)27-22-16-9-20(29-2)21(10-18(16)25-12-26-22)30-11-14-3-5-24-6-4-14/h7-10,12,14,24,28H,3-6,11H2,1-2H3,(H,25,26,27). The van der Waals surface area contributed by atoms with Crippen LogP contribution in [0.5, 0.6) is 17.2 Å². The van der Waals surface area contributed by atoms with Crippen molar-refractivity contribution < 1.29 is 19.0 Å². The van der Waals surface area contributed by atoms with Crippen LogP contribution >= 0.6 is 0 Å². The maximum absolute atomic E-state index is 13.8. The zero-order chi connectivity index (χ0) is 21.1. The Hall–Kier alpha value is -3.13. The Morgan fingerprint density at radius 2 is 1.97 bits per heavy atom. The van der Waals surface area contributed by atoms with Gasteiger partial charge in [0.05, 0.1) is 19.2 Å². The van der Waals surface area contributed by atoms with Crippen molar-refractivity contribution in [2.45, 2.75) is 19.8 Å². The molecule has 3 N–H and O–H groups in total. The van der Waals surface area contributed by atoms with E-state index in [1.807, 2.05) is 12.1 Å². The predicted molar refractivity (Wildman–Crippen MR) is 113 cm³/mol. The van der Waals surface area contributed by atoms with E-state index in [0.29, 0.717) is 52.0 Å². The number of rotatable bonds is 6. The third-order valence-electron chi connectivity index (χ3n) is 5.45. The molecule has 0 amide bonds. The number of phenols is 1. The number of nitrogens with one attached hydrogen (secondary N) is 2. The van der Waals surface area contributed by atoms with E-state index in [0.717, 1.165) is 32.0 Å². The van der Waals surface area contributed by atoms with E-state index in [4.69, 9.17) is 9.47 Å². The van der Waals surface area contributed by atoms with E-state index in [1.54, 1.807) is 14.0 Å². The van der Waals surface area contributed by atoms with Crippen LogP contribution in [0.15, 0.2) is 30.6 Å². The lowest BCUT2D eigenvalue weighted by molar-refractivity contribution is 0.208. The number of methoxy groups -OCH3 is 1. The molecule has 1 aliphatic heterocycles. The van der Waals surface area contributed by atoms with Crippen LogP contribution in [0.3, 0.4) is 0 Å². The van der Waals surface area contributed by atoms with Crippen LogP contribution in [-0.2, 0) is 0 Å². The second kappa shape index (κ2) is 8.71. The van der Waals surface area contributed by atoms with E-state index < -0.39 is 5.82 Å². The predicted octanol–water partition coefficient (Wildman–Crippen LogP) is 3.91. The Balaban J connectivity index is 1.64. The molecule has 1 saturated heterocycles. The smallest absolute Gasteiger partial charge is 0.163 e. The number of ether oxygens (including phenoxy) is 2. The number of nitrogens with zero attached hydrogens (tertiary/aromatic N) is 2. The zero-order valence-electron chi connectivity index (χ0n) is 17.0. The normalized spacial score (nSPS) is 14.6. The van der Waals surface area contributed by atoms with Gasteiger partial charge in [-0.2, -0.15) is 0 Å². The molecule has 0 aliphatic carbocycles. The highest BCUT2D eigenvalue weighted by Crippen LogP contribution is 2.36. The quantitative estimate of drug-likeness (QED) is 0.566. The molecule has 2 heterocycles. The minimum Gasteiger partial charge on any atom is -0.507 e. The molecule has 7 nitrogen and oxygen atoms in total. The Kier molecular flexibility index (Phi) is 5.85. The van der Waals surface area contributed by atoms with Crippen LogP contribution in [0.2, 0.25) is 0 Å². The SMILES string of the molecule is COc1cc2c(Nc3cc(F)cc(O)c3C)ncnc2cc1OCC1CCNCC1. The highest BCUT2D eigenvalue weighted by atomic mass is 19.1. The molecule has 0 bridgehead atoms. The fourth-order valence-corrected chi connectivity index (χ4v) is 3.61. The highest BCUT2D eigenvalue weighted by Gasteiger charge is 2.17. The molecule has 0 spiro atoms. The van der Waals surface area contributed by atoms with Gasteiger partial charge in [0.1, 0.15) is 23.7 Å². The minimum atomic E-state index is -0.537. The second-order valence-corrected chi connectivity index (χ2v) is 7.47. The number of aromatic nitrogens is 2. The van der Waals surface area contributed by atoms with Crippen LogP contribution in [0, 0.1) is 18.7 Å². The number of halogens is 1. The molecule has 1 aliphatic rings. The van der Waals surface area contributed by atoms with Gasteiger partial charge in [0.15, 0.2) is 11.5 Å². The van der Waals surface area contributed by atoms with E-state index in [1.165, 1.54) is 12.4 Å². The summed E-state index contributed by atoms with van der Waals surface area (Å²) in [5.41, 5.74) is 1.63. The largest absolute Gasteiger partial charge is 0.507 e. The number of piperidine rings is 1. The zero-order valence-corrected chi connectivity index (χ0v) is 17.0. The van der Waals surface area contributed by atoms with E-state index in [9.17, 15) is 9.50 Å². The summed E-state index contributed by atoms with van der Waals surface area (Å²) in [6.45, 7) is 4.36. The number of benzene rings is 2. The monoisotopic (exact) mass is 412 g/mol. The third kappa shape index (κ3) is 4.23. The summed E-state index contributed by atoms with van der Waals surface area (Å²) in [7, 11) is 1.59. The lowest BCUT2D eigenvalue weighted by Gasteiger charge is -2.23. The van der Waals surface area contributed by atoms with Crippen molar-refractivity contribution in [2.75, 3.05) is 32.1 Å². The first-order valence-electron chi connectivity index (χ1n) is 9.97. The van der Waals surface area contributed by atoms with Gasteiger partial charge in [0.25, 0.3) is 0 Å². The van der Waals surface area contributed by atoms with Crippen molar-refractivity contribution in [3.8, 4) is 17.2 Å². The molecule has 8 heteroatoms. The van der Waals surface area contributed by atoms with Gasteiger partial charge in [-0.25, -0.2) is 14.4 Å². The Morgan fingerprint density at radius 3 is 2.73 bits per heavy atom. The van der Waals surface area contributed by atoms with Crippen LogP contribution < -0.4 is 20.1 Å². The van der Waals surface area contributed by atoms with E-state index in [-0.39, 0.29) is 5.75 Å². The summed E-state index contributed by atoms with van der Waals surface area (Å²) in [5, 5.41) is 17.1. The van der Waals surface area contributed by atoms with Gasteiger partial charge in [0.2, 0.25) is 0 Å². The molecule has 4 rings (SSSR count). The topological polar surface area (TPSA) is 88.5 Å². The fourth-order valence-electron chi connectivity index (χ4n) is 3.61. The van der Waals surface area contributed by atoms with Gasteiger partial charge in [-0.15, -0.1) is 0 Å². The lowest BCUT2D eigenvalue weighted by atomic mass is 9.99. The van der Waals surface area contributed by atoms with Crippen LogP contribution in [-0.4, -0.2) is 41.9 Å². The Morgan fingerprint density at radius 1 is 1.17 bits per heavy atom. The molecule has 2 aromatic carbocycles. The Labute approximate surface area is 174 Å². The van der Waals surface area contributed by atoms with Gasteiger partial charge in [0, 0.05) is 28.8 Å². The van der Waals surface area contributed by atoms with Gasteiger partial charge in [-0.3, -0.25) is 0 Å². The minimum absolute atomic E-state index is 0.123. The Bertz CT molecular complexity index is 1050.